The Morgan fingerprint density at radius 3 is 2.39 bits per heavy atom. The predicted molar refractivity (Wildman–Crippen MR) is 103 cm³/mol. The SMILES string of the molecule is C[C@@H](CCc1ccccc1)NC(=O)Cn1nc(C(=O)[O-])c2ccccc2c1=O. The van der Waals surface area contributed by atoms with E-state index in [1.807, 2.05) is 37.3 Å². The summed E-state index contributed by atoms with van der Waals surface area (Å²) in [5.74, 6) is -1.91. The molecule has 0 spiro atoms. The van der Waals surface area contributed by atoms with Crippen LogP contribution < -0.4 is 16.0 Å². The molecule has 0 radical (unpaired) electrons. The highest BCUT2D eigenvalue weighted by atomic mass is 16.4. The van der Waals surface area contributed by atoms with E-state index in [1.165, 1.54) is 17.7 Å². The standard InChI is InChI=1S/C21H21N3O4/c1-14(11-12-15-7-3-2-4-8-15)22-18(25)13-24-20(26)17-10-6-5-9-16(17)19(23-24)21(27)28/h2-10,14H,11-13H2,1H3,(H,22,25)(H,27,28)/p-1/t14-/m0/s1. The van der Waals surface area contributed by atoms with E-state index in [1.54, 1.807) is 12.1 Å². The lowest BCUT2D eigenvalue weighted by molar-refractivity contribution is -0.255. The van der Waals surface area contributed by atoms with E-state index < -0.39 is 17.4 Å². The first-order valence-corrected chi connectivity index (χ1v) is 9.00. The lowest BCUT2D eigenvalue weighted by Crippen LogP contribution is -2.39. The molecule has 0 saturated heterocycles. The van der Waals surface area contributed by atoms with E-state index in [9.17, 15) is 19.5 Å². The molecule has 3 aromatic rings. The zero-order valence-corrected chi connectivity index (χ0v) is 15.4. The van der Waals surface area contributed by atoms with Gasteiger partial charge in [-0.15, -0.1) is 0 Å². The minimum Gasteiger partial charge on any atom is -0.543 e. The molecular weight excluding hydrogens is 358 g/mol. The van der Waals surface area contributed by atoms with Gasteiger partial charge in [0, 0.05) is 11.4 Å². The molecule has 3 rings (SSSR count). The van der Waals surface area contributed by atoms with Crippen LogP contribution in [0.4, 0.5) is 0 Å². The number of carbonyl (C=O) groups is 2. The Kier molecular flexibility index (Phi) is 5.84. The molecule has 1 aromatic heterocycles. The van der Waals surface area contributed by atoms with E-state index >= 15 is 0 Å². The maximum absolute atomic E-state index is 12.5. The third-order valence-electron chi connectivity index (χ3n) is 4.47. The molecule has 28 heavy (non-hydrogen) atoms. The molecule has 1 atom stereocenters. The van der Waals surface area contributed by atoms with Gasteiger partial charge >= 0.3 is 0 Å². The number of rotatable bonds is 7. The van der Waals surface area contributed by atoms with Crippen LogP contribution in [0, 0.1) is 0 Å². The minimum atomic E-state index is -1.50. The van der Waals surface area contributed by atoms with Gasteiger partial charge in [0.15, 0.2) is 0 Å². The van der Waals surface area contributed by atoms with Gasteiger partial charge in [0.25, 0.3) is 5.56 Å². The molecular formula is C21H20N3O4-. The number of aromatic nitrogens is 2. The maximum Gasteiger partial charge on any atom is 0.275 e. The second kappa shape index (κ2) is 8.47. The average molecular weight is 378 g/mol. The van der Waals surface area contributed by atoms with E-state index in [0.717, 1.165) is 17.5 Å². The zero-order valence-electron chi connectivity index (χ0n) is 15.4. The van der Waals surface area contributed by atoms with Crippen molar-refractivity contribution in [1.82, 2.24) is 15.1 Å². The van der Waals surface area contributed by atoms with Gasteiger partial charge in [0.05, 0.1) is 11.4 Å². The fourth-order valence-electron chi connectivity index (χ4n) is 3.05. The van der Waals surface area contributed by atoms with Crippen LogP contribution in [0.3, 0.4) is 0 Å². The van der Waals surface area contributed by atoms with Crippen LogP contribution in [0.25, 0.3) is 10.8 Å². The van der Waals surface area contributed by atoms with Crippen LogP contribution in [0.5, 0.6) is 0 Å². The van der Waals surface area contributed by atoms with Crippen LogP contribution in [0.15, 0.2) is 59.4 Å². The van der Waals surface area contributed by atoms with E-state index in [4.69, 9.17) is 0 Å². The summed E-state index contributed by atoms with van der Waals surface area (Å²) in [5.41, 5.74) is 0.294. The summed E-state index contributed by atoms with van der Waals surface area (Å²) in [5, 5.41) is 18.4. The van der Waals surface area contributed by atoms with Crippen LogP contribution >= 0.6 is 0 Å². The molecule has 0 bridgehead atoms. The Balaban J connectivity index is 1.71. The lowest BCUT2D eigenvalue weighted by Gasteiger charge is -2.15. The monoisotopic (exact) mass is 378 g/mol. The van der Waals surface area contributed by atoms with E-state index in [2.05, 4.69) is 10.4 Å². The molecule has 0 aliphatic rings. The highest BCUT2D eigenvalue weighted by molar-refractivity contribution is 6.00. The van der Waals surface area contributed by atoms with Crippen molar-refractivity contribution in [2.24, 2.45) is 0 Å². The summed E-state index contributed by atoms with van der Waals surface area (Å²) < 4.78 is 0.868. The highest BCUT2D eigenvalue weighted by Crippen LogP contribution is 2.12. The van der Waals surface area contributed by atoms with E-state index in [0.29, 0.717) is 0 Å². The van der Waals surface area contributed by atoms with Crippen molar-refractivity contribution in [2.75, 3.05) is 0 Å². The van der Waals surface area contributed by atoms with Crippen molar-refractivity contribution in [3.05, 3.63) is 76.2 Å². The Morgan fingerprint density at radius 1 is 1.07 bits per heavy atom. The number of aromatic carboxylic acids is 1. The fraction of sp³-hybridized carbons (Fsp3) is 0.238. The highest BCUT2D eigenvalue weighted by Gasteiger charge is 2.14. The normalized spacial score (nSPS) is 11.9. The fourth-order valence-corrected chi connectivity index (χ4v) is 3.05. The molecule has 0 aliphatic heterocycles. The number of carboxylic acid groups (broad SMARTS) is 1. The molecule has 0 unspecified atom stereocenters. The maximum atomic E-state index is 12.5. The van der Waals surface area contributed by atoms with Crippen LogP contribution in [0.1, 0.15) is 29.4 Å². The molecule has 0 fully saturated rings. The summed E-state index contributed by atoms with van der Waals surface area (Å²) in [6.07, 6.45) is 1.55. The number of amides is 1. The Labute approximate surface area is 161 Å². The Hall–Kier alpha value is -3.48. The summed E-state index contributed by atoms with van der Waals surface area (Å²) in [4.78, 5) is 36.2. The molecule has 7 heteroatoms. The smallest absolute Gasteiger partial charge is 0.275 e. The number of carbonyl (C=O) groups excluding carboxylic acids is 2. The van der Waals surface area contributed by atoms with Gasteiger partial charge in [0.1, 0.15) is 12.2 Å². The zero-order chi connectivity index (χ0) is 20.1. The van der Waals surface area contributed by atoms with E-state index in [-0.39, 0.29) is 29.1 Å². The first-order valence-electron chi connectivity index (χ1n) is 9.00. The molecule has 2 aromatic carbocycles. The average Bonchev–Trinajstić information content (AvgIpc) is 2.69. The van der Waals surface area contributed by atoms with Gasteiger partial charge in [-0.3, -0.25) is 9.59 Å². The molecule has 1 amide bonds. The van der Waals surface area contributed by atoms with Crippen molar-refractivity contribution in [2.45, 2.75) is 32.4 Å². The largest absolute Gasteiger partial charge is 0.543 e. The number of nitrogens with one attached hydrogen (secondary N) is 1. The lowest BCUT2D eigenvalue weighted by atomic mass is 10.1. The van der Waals surface area contributed by atoms with Crippen LogP contribution in [-0.2, 0) is 17.8 Å². The van der Waals surface area contributed by atoms with Crippen molar-refractivity contribution < 1.29 is 14.7 Å². The summed E-state index contributed by atoms with van der Waals surface area (Å²) in [6.45, 7) is 1.52. The minimum absolute atomic E-state index is 0.107. The number of hydrogen-bond donors (Lipinski definition) is 1. The van der Waals surface area contributed by atoms with Crippen molar-refractivity contribution in [3.63, 3.8) is 0 Å². The van der Waals surface area contributed by atoms with Gasteiger partial charge in [-0.05, 0) is 31.4 Å². The van der Waals surface area contributed by atoms with Gasteiger partial charge in [0.2, 0.25) is 5.91 Å². The number of benzene rings is 2. The Morgan fingerprint density at radius 2 is 1.71 bits per heavy atom. The number of hydrogen-bond acceptors (Lipinski definition) is 5. The molecule has 1 heterocycles. The first-order chi connectivity index (χ1) is 13.5. The molecule has 0 aliphatic carbocycles. The number of fused-ring (bicyclic) bond motifs is 1. The summed E-state index contributed by atoms with van der Waals surface area (Å²) in [6, 6.07) is 16.0. The number of aryl methyl sites for hydroxylation is 1. The summed E-state index contributed by atoms with van der Waals surface area (Å²) in [7, 11) is 0. The number of nitrogens with zero attached hydrogens (tertiary/aromatic N) is 2. The van der Waals surface area contributed by atoms with Crippen LogP contribution in [-0.4, -0.2) is 27.7 Å². The summed E-state index contributed by atoms with van der Waals surface area (Å²) >= 11 is 0. The second-order valence-corrected chi connectivity index (χ2v) is 6.64. The third-order valence-corrected chi connectivity index (χ3v) is 4.47. The Bertz CT molecular complexity index is 1060. The van der Waals surface area contributed by atoms with Crippen LogP contribution in [0.2, 0.25) is 0 Å². The van der Waals surface area contributed by atoms with Crippen molar-refractivity contribution >= 4 is 22.6 Å². The molecule has 0 saturated carbocycles. The first kappa shape index (κ1) is 19.3. The van der Waals surface area contributed by atoms with Gasteiger partial charge in [-0.1, -0.05) is 48.5 Å². The second-order valence-electron chi connectivity index (χ2n) is 6.64. The quantitative estimate of drug-likeness (QED) is 0.658. The third kappa shape index (κ3) is 4.43. The van der Waals surface area contributed by atoms with Gasteiger partial charge in [-0.25, -0.2) is 4.68 Å². The predicted octanol–water partition coefficient (Wildman–Crippen LogP) is 0.897. The van der Waals surface area contributed by atoms with Crippen molar-refractivity contribution in [3.8, 4) is 0 Å². The number of carboxylic acids is 1. The molecule has 7 nitrogen and oxygen atoms in total. The van der Waals surface area contributed by atoms with Gasteiger partial charge < -0.3 is 15.2 Å². The van der Waals surface area contributed by atoms with Gasteiger partial charge in [-0.2, -0.15) is 5.10 Å². The van der Waals surface area contributed by atoms with Crippen molar-refractivity contribution in [1.29, 1.82) is 0 Å². The molecule has 144 valence electrons. The topological polar surface area (TPSA) is 104 Å². The molecule has 1 N–H and O–H groups in total.